The van der Waals surface area contributed by atoms with E-state index in [1.807, 2.05) is 12.1 Å². The van der Waals surface area contributed by atoms with Gasteiger partial charge < -0.3 is 10.2 Å². The lowest BCUT2D eigenvalue weighted by Gasteiger charge is -2.54. The minimum Gasteiger partial charge on any atom is -0.508 e. The molecule has 0 bridgehead atoms. The van der Waals surface area contributed by atoms with E-state index in [0.717, 1.165) is 31.6 Å². The number of aliphatic hydroxyl groups is 1. The van der Waals surface area contributed by atoms with Gasteiger partial charge in [0.2, 0.25) is 0 Å². The smallest absolute Gasteiger partial charge is 0.115 e. The summed E-state index contributed by atoms with van der Waals surface area (Å²) >= 11 is 0. The van der Waals surface area contributed by atoms with Gasteiger partial charge in [-0.05, 0) is 103 Å². The second kappa shape index (κ2) is 13.1. The third-order valence-electron chi connectivity index (χ3n) is 10.6. The molecular weight excluding hydrogens is 447 g/mol. The number of phenols is 1. The highest BCUT2D eigenvalue weighted by atomic mass is 19.1. The van der Waals surface area contributed by atoms with Crippen molar-refractivity contribution in [2.45, 2.75) is 135 Å². The molecule has 0 radical (unpaired) electrons. The molecule has 2 nitrogen and oxygen atoms in total. The fourth-order valence-corrected chi connectivity index (χ4v) is 8.64. The molecule has 0 aliphatic heterocycles. The molecule has 0 amide bonds. The average Bonchev–Trinajstić information content (AvgIpc) is 3.16. The molecule has 2 fully saturated rings. The summed E-state index contributed by atoms with van der Waals surface area (Å²) in [7, 11) is 0. The fourth-order valence-electron chi connectivity index (χ4n) is 8.64. The fraction of sp³-hybridized carbons (Fsp3) is 0.818. The van der Waals surface area contributed by atoms with Gasteiger partial charge in [-0.3, -0.25) is 4.39 Å². The van der Waals surface area contributed by atoms with Crippen molar-refractivity contribution in [3.63, 3.8) is 0 Å². The topological polar surface area (TPSA) is 40.5 Å². The predicted octanol–water partition coefficient (Wildman–Crippen LogP) is 9.12. The molecule has 0 spiro atoms. The first-order chi connectivity index (χ1) is 17.4. The highest BCUT2D eigenvalue weighted by molar-refractivity contribution is 5.40. The molecule has 3 aliphatic carbocycles. The Morgan fingerprint density at radius 3 is 2.39 bits per heavy atom. The molecule has 0 heterocycles. The van der Waals surface area contributed by atoms with Gasteiger partial charge in [-0.25, -0.2) is 0 Å². The standard InChI is InChI=1S/C33H53FO2/c1-24(13-9-7-11-21-34)12-8-5-3-4-6-10-14-26-23-33(2)30(19-20-31(33)36)29-17-15-25-22-27(35)16-18-28(25)32(26)29/h16,18,22,24,26,29-32,35-36H,3-15,17,19-21,23H2,1-2H3. The maximum Gasteiger partial charge on any atom is 0.115 e. The van der Waals surface area contributed by atoms with E-state index in [-0.39, 0.29) is 18.2 Å². The molecular formula is C33H53FO2. The van der Waals surface area contributed by atoms with Crippen molar-refractivity contribution in [2.24, 2.45) is 29.1 Å². The number of aliphatic hydroxyl groups excluding tert-OH is 1. The van der Waals surface area contributed by atoms with Crippen LogP contribution in [0, 0.1) is 29.1 Å². The molecule has 7 unspecified atom stereocenters. The van der Waals surface area contributed by atoms with Crippen LogP contribution in [0.3, 0.4) is 0 Å². The summed E-state index contributed by atoms with van der Waals surface area (Å²) in [4.78, 5) is 0. The number of phenolic OH excluding ortho intramolecular Hbond substituents is 1. The molecule has 2 N–H and O–H groups in total. The van der Waals surface area contributed by atoms with E-state index >= 15 is 0 Å². The molecule has 1 aromatic rings. The first-order valence-electron chi connectivity index (χ1n) is 15.5. The summed E-state index contributed by atoms with van der Waals surface area (Å²) in [6.45, 7) is 4.60. The molecule has 1 aromatic carbocycles. The van der Waals surface area contributed by atoms with Gasteiger partial charge in [0.05, 0.1) is 12.8 Å². The van der Waals surface area contributed by atoms with Crippen LogP contribution >= 0.6 is 0 Å². The number of aryl methyl sites for hydroxylation is 1. The van der Waals surface area contributed by atoms with Crippen LogP contribution < -0.4 is 0 Å². The SMILES string of the molecule is CC(CCCCCF)CCCCCCCCC1CC2(C)C(O)CCC2C2CCc3cc(O)ccc3C12. The molecule has 0 aromatic heterocycles. The number of halogens is 1. The lowest BCUT2D eigenvalue weighted by atomic mass is 9.51. The van der Waals surface area contributed by atoms with Crippen LogP contribution in [0.1, 0.15) is 134 Å². The lowest BCUT2D eigenvalue weighted by Crippen LogP contribution is -2.47. The maximum absolute atomic E-state index is 12.2. The van der Waals surface area contributed by atoms with Crippen LogP contribution in [0.4, 0.5) is 4.39 Å². The maximum atomic E-state index is 12.2. The Bertz CT molecular complexity index is 809. The van der Waals surface area contributed by atoms with E-state index in [9.17, 15) is 14.6 Å². The molecule has 204 valence electrons. The largest absolute Gasteiger partial charge is 0.508 e. The minimum atomic E-state index is -0.157. The van der Waals surface area contributed by atoms with Gasteiger partial charge in [-0.2, -0.15) is 0 Å². The Morgan fingerprint density at radius 2 is 1.64 bits per heavy atom. The van der Waals surface area contributed by atoms with Crippen molar-refractivity contribution in [1.82, 2.24) is 0 Å². The first-order valence-corrected chi connectivity index (χ1v) is 15.5. The molecule has 36 heavy (non-hydrogen) atoms. The first kappa shape index (κ1) is 27.9. The zero-order chi connectivity index (χ0) is 25.5. The number of hydrogen-bond acceptors (Lipinski definition) is 2. The monoisotopic (exact) mass is 500 g/mol. The van der Waals surface area contributed by atoms with Gasteiger partial charge in [0, 0.05) is 0 Å². The van der Waals surface area contributed by atoms with Crippen LogP contribution in [0.5, 0.6) is 5.75 Å². The number of fused-ring (bicyclic) bond motifs is 5. The zero-order valence-electron chi connectivity index (χ0n) is 23.2. The van der Waals surface area contributed by atoms with E-state index in [0.29, 0.717) is 29.4 Å². The number of unbranched alkanes of at least 4 members (excludes halogenated alkanes) is 7. The molecule has 3 aliphatic rings. The molecule has 7 atom stereocenters. The minimum absolute atomic E-state index is 0.100. The Labute approximate surface area is 220 Å². The Kier molecular flexibility index (Phi) is 10.2. The number of rotatable bonds is 14. The van der Waals surface area contributed by atoms with E-state index in [4.69, 9.17) is 0 Å². The van der Waals surface area contributed by atoms with Crippen molar-refractivity contribution in [2.75, 3.05) is 6.67 Å². The highest BCUT2D eigenvalue weighted by Gasteiger charge is 2.57. The number of alkyl halides is 1. The van der Waals surface area contributed by atoms with Gasteiger partial charge in [0.25, 0.3) is 0 Å². The van der Waals surface area contributed by atoms with E-state index < -0.39 is 0 Å². The summed E-state index contributed by atoms with van der Waals surface area (Å²) in [5.74, 6) is 3.82. The van der Waals surface area contributed by atoms with Crippen molar-refractivity contribution in [3.05, 3.63) is 29.3 Å². The van der Waals surface area contributed by atoms with Crippen LogP contribution in [0.2, 0.25) is 0 Å². The van der Waals surface area contributed by atoms with Crippen molar-refractivity contribution >= 4 is 0 Å². The molecule has 2 saturated carbocycles. The van der Waals surface area contributed by atoms with Gasteiger partial charge in [-0.15, -0.1) is 0 Å². The van der Waals surface area contributed by atoms with E-state index in [1.54, 1.807) is 0 Å². The number of hydrogen-bond donors (Lipinski definition) is 2. The van der Waals surface area contributed by atoms with Gasteiger partial charge in [0.1, 0.15) is 5.75 Å². The normalized spacial score (nSPS) is 32.1. The second-order valence-corrected chi connectivity index (χ2v) is 13.1. The van der Waals surface area contributed by atoms with Crippen molar-refractivity contribution < 1.29 is 14.6 Å². The molecule has 4 rings (SSSR count). The van der Waals surface area contributed by atoms with Gasteiger partial charge in [-0.1, -0.05) is 84.1 Å². The zero-order valence-corrected chi connectivity index (χ0v) is 23.2. The third-order valence-corrected chi connectivity index (χ3v) is 10.6. The highest BCUT2D eigenvalue weighted by Crippen LogP contribution is 2.63. The molecule has 0 saturated heterocycles. The van der Waals surface area contributed by atoms with Crippen LogP contribution in [-0.4, -0.2) is 23.0 Å². The van der Waals surface area contributed by atoms with E-state index in [1.165, 1.54) is 94.6 Å². The Hall–Kier alpha value is -1.09. The van der Waals surface area contributed by atoms with Crippen LogP contribution in [-0.2, 0) is 6.42 Å². The second-order valence-electron chi connectivity index (χ2n) is 13.1. The number of aromatic hydroxyl groups is 1. The van der Waals surface area contributed by atoms with Crippen LogP contribution in [0.15, 0.2) is 18.2 Å². The lowest BCUT2D eigenvalue weighted by molar-refractivity contribution is -0.0501. The summed E-state index contributed by atoms with van der Waals surface area (Å²) in [5, 5.41) is 21.1. The van der Waals surface area contributed by atoms with Crippen LogP contribution in [0.25, 0.3) is 0 Å². The Morgan fingerprint density at radius 1 is 0.944 bits per heavy atom. The average molecular weight is 501 g/mol. The number of benzene rings is 1. The van der Waals surface area contributed by atoms with Crippen molar-refractivity contribution in [1.29, 1.82) is 0 Å². The van der Waals surface area contributed by atoms with Gasteiger partial charge >= 0.3 is 0 Å². The van der Waals surface area contributed by atoms with E-state index in [2.05, 4.69) is 19.9 Å². The Balaban J connectivity index is 1.24. The quantitative estimate of drug-likeness (QED) is 0.250. The summed E-state index contributed by atoms with van der Waals surface area (Å²) in [5.41, 5.74) is 2.99. The van der Waals surface area contributed by atoms with Crippen molar-refractivity contribution in [3.8, 4) is 5.75 Å². The summed E-state index contributed by atoms with van der Waals surface area (Å²) in [6.07, 6.45) is 20.4. The third kappa shape index (κ3) is 6.48. The summed E-state index contributed by atoms with van der Waals surface area (Å²) < 4.78 is 12.2. The van der Waals surface area contributed by atoms with Gasteiger partial charge in [0.15, 0.2) is 0 Å². The predicted molar refractivity (Wildman–Crippen MR) is 148 cm³/mol. The summed E-state index contributed by atoms with van der Waals surface area (Å²) in [6, 6.07) is 6.15. The molecule has 3 heteroatoms.